The summed E-state index contributed by atoms with van der Waals surface area (Å²) in [5.74, 6) is -2.65. The molecule has 3 aliphatic heterocycles. The molecule has 0 unspecified atom stereocenters. The van der Waals surface area contributed by atoms with Crippen molar-refractivity contribution < 1.29 is 24.5 Å². The van der Waals surface area contributed by atoms with Gasteiger partial charge in [-0.2, -0.15) is 0 Å². The number of hydrogen-bond acceptors (Lipinski definition) is 7. The van der Waals surface area contributed by atoms with Crippen molar-refractivity contribution >= 4 is 17.6 Å². The van der Waals surface area contributed by atoms with Crippen LogP contribution in [0.15, 0.2) is 54.6 Å². The molecule has 2 aromatic carbocycles. The zero-order valence-electron chi connectivity index (χ0n) is 23.0. The Morgan fingerprint density at radius 3 is 1.79 bits per heavy atom. The molecule has 0 bridgehead atoms. The van der Waals surface area contributed by atoms with Crippen LogP contribution in [0.3, 0.4) is 0 Å². The first-order valence-corrected chi connectivity index (χ1v) is 14.0. The maximum atomic E-state index is 9.10. The number of likely N-dealkylation sites (tertiary alicyclic amines) is 2. The minimum absolute atomic E-state index is 0.763. The molecule has 0 amide bonds. The highest BCUT2D eigenvalue weighted by Crippen LogP contribution is 2.30. The van der Waals surface area contributed by atoms with Crippen LogP contribution in [0.4, 0.5) is 5.69 Å². The van der Waals surface area contributed by atoms with Crippen LogP contribution in [-0.2, 0) is 16.1 Å². The molecule has 2 N–H and O–H groups in total. The Morgan fingerprint density at radius 1 is 0.718 bits per heavy atom. The summed E-state index contributed by atoms with van der Waals surface area (Å²) in [4.78, 5) is 28.9. The largest absolute Gasteiger partial charge is 0.495 e. The molecule has 0 saturated carbocycles. The maximum Gasteiger partial charge on any atom is 0.414 e. The van der Waals surface area contributed by atoms with Crippen LogP contribution < -0.4 is 9.64 Å². The minimum atomic E-state index is -1.82. The number of carbonyl (C=O) groups is 2. The molecule has 9 nitrogen and oxygen atoms in total. The van der Waals surface area contributed by atoms with E-state index in [9.17, 15) is 0 Å². The summed E-state index contributed by atoms with van der Waals surface area (Å²) in [7, 11) is 1.77. The number of benzene rings is 2. The second-order valence-electron chi connectivity index (χ2n) is 10.6. The lowest BCUT2D eigenvalue weighted by Gasteiger charge is -2.46. The van der Waals surface area contributed by atoms with Gasteiger partial charge in [0.1, 0.15) is 5.75 Å². The molecule has 3 heterocycles. The van der Waals surface area contributed by atoms with E-state index in [1.165, 1.54) is 76.2 Å². The van der Waals surface area contributed by atoms with Crippen LogP contribution in [0.2, 0.25) is 0 Å². The molecule has 0 atom stereocenters. The average molecular weight is 539 g/mol. The zero-order valence-corrected chi connectivity index (χ0v) is 23.0. The van der Waals surface area contributed by atoms with Crippen LogP contribution >= 0.6 is 0 Å². The lowest BCUT2D eigenvalue weighted by Crippen LogP contribution is -2.55. The number of carboxylic acid groups (broad SMARTS) is 2. The lowest BCUT2D eigenvalue weighted by molar-refractivity contribution is -0.159. The van der Waals surface area contributed by atoms with Crippen molar-refractivity contribution in [1.82, 2.24) is 14.7 Å². The number of aliphatic carboxylic acids is 2. The number of nitrogens with zero attached hydrogens (tertiary/aromatic N) is 4. The maximum absolute atomic E-state index is 9.10. The van der Waals surface area contributed by atoms with Gasteiger partial charge >= 0.3 is 11.9 Å². The number of piperazine rings is 1. The SMILES string of the molecule is COc1ccccc1N1CCN(C2CCN(C3CCN(Cc4ccccc4)CC3)CC2)CC1.O=C(O)C(=O)O. The normalized spacial score (nSPS) is 20.2. The van der Waals surface area contributed by atoms with E-state index < -0.39 is 11.9 Å². The molecule has 2 aromatic rings. The van der Waals surface area contributed by atoms with Crippen molar-refractivity contribution in [3.63, 3.8) is 0 Å². The van der Waals surface area contributed by atoms with E-state index in [0.29, 0.717) is 0 Å². The Balaban J connectivity index is 0.000000531. The molecule has 39 heavy (non-hydrogen) atoms. The number of methoxy groups -OCH3 is 1. The van der Waals surface area contributed by atoms with Crippen LogP contribution in [0.25, 0.3) is 0 Å². The molecule has 3 saturated heterocycles. The number of carboxylic acids is 2. The van der Waals surface area contributed by atoms with E-state index in [-0.39, 0.29) is 0 Å². The fraction of sp³-hybridized carbons (Fsp3) is 0.533. The van der Waals surface area contributed by atoms with Gasteiger partial charge < -0.3 is 24.7 Å². The lowest BCUT2D eigenvalue weighted by atomic mass is 9.96. The summed E-state index contributed by atoms with van der Waals surface area (Å²) in [5.41, 5.74) is 2.69. The number of para-hydroxylation sites is 2. The van der Waals surface area contributed by atoms with Crippen molar-refractivity contribution in [3.8, 4) is 5.75 Å². The van der Waals surface area contributed by atoms with Gasteiger partial charge in [-0.1, -0.05) is 42.5 Å². The van der Waals surface area contributed by atoms with Gasteiger partial charge in [0.2, 0.25) is 0 Å². The van der Waals surface area contributed by atoms with E-state index in [1.54, 1.807) is 7.11 Å². The summed E-state index contributed by atoms with van der Waals surface area (Å²) in [5, 5.41) is 14.8. The van der Waals surface area contributed by atoms with Gasteiger partial charge in [0.25, 0.3) is 0 Å². The van der Waals surface area contributed by atoms with Crippen LogP contribution in [0.5, 0.6) is 5.75 Å². The Kier molecular flexibility index (Phi) is 10.6. The summed E-state index contributed by atoms with van der Waals surface area (Å²) in [6, 6.07) is 20.9. The first-order valence-electron chi connectivity index (χ1n) is 14.0. The predicted molar refractivity (Wildman–Crippen MR) is 151 cm³/mol. The zero-order chi connectivity index (χ0) is 27.6. The highest BCUT2D eigenvalue weighted by atomic mass is 16.5. The predicted octanol–water partition coefficient (Wildman–Crippen LogP) is 3.10. The highest BCUT2D eigenvalue weighted by molar-refractivity contribution is 6.27. The van der Waals surface area contributed by atoms with Gasteiger partial charge in [0.05, 0.1) is 12.8 Å². The Bertz CT molecular complexity index is 1030. The van der Waals surface area contributed by atoms with Crippen molar-refractivity contribution in [2.24, 2.45) is 0 Å². The van der Waals surface area contributed by atoms with Gasteiger partial charge in [0.15, 0.2) is 0 Å². The smallest absolute Gasteiger partial charge is 0.414 e. The van der Waals surface area contributed by atoms with Crippen LogP contribution in [-0.4, -0.2) is 108 Å². The first kappa shape index (κ1) is 28.9. The fourth-order valence-corrected chi connectivity index (χ4v) is 6.12. The number of anilines is 1. The van der Waals surface area contributed by atoms with Crippen molar-refractivity contribution in [3.05, 3.63) is 60.2 Å². The van der Waals surface area contributed by atoms with Gasteiger partial charge in [-0.15, -0.1) is 0 Å². The van der Waals surface area contributed by atoms with Gasteiger partial charge in [-0.25, -0.2) is 9.59 Å². The van der Waals surface area contributed by atoms with Crippen LogP contribution in [0, 0.1) is 0 Å². The third kappa shape index (κ3) is 8.17. The van der Waals surface area contributed by atoms with E-state index in [2.05, 4.69) is 74.2 Å². The molecule has 3 fully saturated rings. The highest BCUT2D eigenvalue weighted by Gasteiger charge is 2.32. The van der Waals surface area contributed by atoms with E-state index in [0.717, 1.165) is 37.5 Å². The molecule has 0 aromatic heterocycles. The van der Waals surface area contributed by atoms with Gasteiger partial charge in [-0.3, -0.25) is 9.80 Å². The number of piperidine rings is 2. The molecule has 5 rings (SSSR count). The molecule has 3 aliphatic rings. The van der Waals surface area contributed by atoms with E-state index >= 15 is 0 Å². The Morgan fingerprint density at radius 2 is 1.23 bits per heavy atom. The van der Waals surface area contributed by atoms with Crippen LogP contribution in [0.1, 0.15) is 31.2 Å². The Hall–Kier alpha value is -3.14. The summed E-state index contributed by atoms with van der Waals surface area (Å²) in [6.45, 7) is 10.7. The van der Waals surface area contributed by atoms with E-state index in [4.69, 9.17) is 24.5 Å². The minimum Gasteiger partial charge on any atom is -0.495 e. The molecule has 0 radical (unpaired) electrons. The molecule has 212 valence electrons. The van der Waals surface area contributed by atoms with Gasteiger partial charge in [0, 0.05) is 44.8 Å². The Labute approximate surface area is 231 Å². The molecule has 0 aliphatic carbocycles. The average Bonchev–Trinajstić information content (AvgIpc) is 2.98. The molecular formula is C30H42N4O5. The summed E-state index contributed by atoms with van der Waals surface area (Å²) in [6.07, 6.45) is 5.32. The molecule has 0 spiro atoms. The summed E-state index contributed by atoms with van der Waals surface area (Å²) >= 11 is 0. The molecular weight excluding hydrogens is 496 g/mol. The second kappa shape index (κ2) is 14.3. The number of ether oxygens (including phenoxy) is 1. The standard InChI is InChI=1S/C28H40N4O.C2H2O4/c1-33-28-10-6-5-9-27(28)32-21-19-31(20-22-32)26-13-17-30(18-14-26)25-11-15-29(16-12-25)23-24-7-3-2-4-8-24;3-1(4)2(5)6/h2-10,25-26H,11-23H2,1H3;(H,3,4)(H,5,6). The fourth-order valence-electron chi connectivity index (χ4n) is 6.12. The number of hydrogen-bond donors (Lipinski definition) is 2. The number of rotatable bonds is 6. The third-order valence-electron chi connectivity index (χ3n) is 8.26. The topological polar surface area (TPSA) is 96.8 Å². The summed E-state index contributed by atoms with van der Waals surface area (Å²) < 4.78 is 5.58. The molecule has 9 heteroatoms. The van der Waals surface area contributed by atoms with Crippen molar-refractivity contribution in [1.29, 1.82) is 0 Å². The third-order valence-corrected chi connectivity index (χ3v) is 8.26. The van der Waals surface area contributed by atoms with Crippen molar-refractivity contribution in [2.75, 3.05) is 64.4 Å². The van der Waals surface area contributed by atoms with Crippen molar-refractivity contribution in [2.45, 2.75) is 44.3 Å². The second-order valence-corrected chi connectivity index (χ2v) is 10.6. The first-order chi connectivity index (χ1) is 18.9. The van der Waals surface area contributed by atoms with Gasteiger partial charge in [-0.05, 0) is 69.6 Å². The quantitative estimate of drug-likeness (QED) is 0.538. The monoisotopic (exact) mass is 538 g/mol. The van der Waals surface area contributed by atoms with E-state index in [1.807, 2.05) is 0 Å².